The van der Waals surface area contributed by atoms with Crippen LogP contribution in [0.5, 0.6) is 0 Å². The second-order valence-corrected chi connectivity index (χ2v) is 4.56. The second-order valence-electron chi connectivity index (χ2n) is 4.56. The van der Waals surface area contributed by atoms with E-state index in [0.29, 0.717) is 19.6 Å². The Hall–Kier alpha value is -1.14. The minimum Gasteiger partial charge on any atom is -0.378 e. The zero-order chi connectivity index (χ0) is 13.4. The van der Waals surface area contributed by atoms with Gasteiger partial charge in [0.2, 0.25) is 11.8 Å². The first-order chi connectivity index (χ1) is 8.60. The molecule has 6 nitrogen and oxygen atoms in total. The summed E-state index contributed by atoms with van der Waals surface area (Å²) in [4.78, 5) is 23.0. The molecule has 0 aromatic heterocycles. The Morgan fingerprint density at radius 3 is 2.78 bits per heavy atom. The number of nitrogens with one attached hydrogen (secondary N) is 1. The largest absolute Gasteiger partial charge is 0.378 e. The highest BCUT2D eigenvalue weighted by Crippen LogP contribution is 2.17. The van der Waals surface area contributed by atoms with Gasteiger partial charge in [-0.2, -0.15) is 0 Å². The minimum absolute atomic E-state index is 0.0429. The van der Waals surface area contributed by atoms with Crippen molar-refractivity contribution in [3.63, 3.8) is 0 Å². The van der Waals surface area contributed by atoms with Gasteiger partial charge < -0.3 is 20.5 Å². The van der Waals surface area contributed by atoms with E-state index in [1.165, 1.54) is 0 Å². The summed E-state index contributed by atoms with van der Waals surface area (Å²) in [5, 5.41) is 2.62. The third kappa shape index (κ3) is 4.27. The van der Waals surface area contributed by atoms with E-state index >= 15 is 0 Å². The molecule has 0 aromatic rings. The molecule has 18 heavy (non-hydrogen) atoms. The summed E-state index contributed by atoms with van der Waals surface area (Å²) in [7, 11) is 0. The second kappa shape index (κ2) is 7.33. The van der Waals surface area contributed by atoms with E-state index in [1.54, 1.807) is 0 Å². The molecule has 1 rings (SSSR count). The maximum atomic E-state index is 11.6. The molecule has 104 valence electrons. The lowest BCUT2D eigenvalue weighted by atomic mass is 9.98. The number of primary amides is 1. The van der Waals surface area contributed by atoms with Crippen molar-refractivity contribution >= 4 is 11.8 Å². The molecule has 6 heteroatoms. The summed E-state index contributed by atoms with van der Waals surface area (Å²) >= 11 is 0. The number of carbonyl (C=O) groups is 2. The number of ether oxygens (including phenoxy) is 2. The zero-order valence-corrected chi connectivity index (χ0v) is 10.9. The highest BCUT2D eigenvalue weighted by atomic mass is 16.5. The van der Waals surface area contributed by atoms with Gasteiger partial charge in [0.05, 0.1) is 6.61 Å². The Morgan fingerprint density at radius 1 is 1.44 bits per heavy atom. The minimum atomic E-state index is -1.05. The summed E-state index contributed by atoms with van der Waals surface area (Å²) in [6.07, 6.45) is 3.55. The number of amides is 2. The fraction of sp³-hybridized carbons (Fsp3) is 0.833. The standard InChI is InChI=1S/C12H22N2O4/c1-2-3-4-6-17-8-10(15)14-12(11(13)16)5-7-18-9-12/h2-9H2,1H3,(H2,13,16)(H,14,15)/t12-/m0/s1. The van der Waals surface area contributed by atoms with Crippen LogP contribution < -0.4 is 11.1 Å². The first-order valence-corrected chi connectivity index (χ1v) is 6.37. The van der Waals surface area contributed by atoms with Crippen LogP contribution in [0, 0.1) is 0 Å². The maximum Gasteiger partial charge on any atom is 0.246 e. The molecular weight excluding hydrogens is 236 g/mol. The Kier molecular flexibility index (Phi) is 6.07. The molecule has 0 saturated carbocycles. The van der Waals surface area contributed by atoms with Gasteiger partial charge in [-0.05, 0) is 6.42 Å². The summed E-state index contributed by atoms with van der Waals surface area (Å²) in [5.41, 5.74) is 4.25. The third-order valence-electron chi connectivity index (χ3n) is 3.00. The summed E-state index contributed by atoms with van der Waals surface area (Å²) in [6, 6.07) is 0. The Labute approximate surface area is 107 Å². The van der Waals surface area contributed by atoms with Crippen LogP contribution in [0.15, 0.2) is 0 Å². The number of rotatable bonds is 8. The van der Waals surface area contributed by atoms with E-state index in [2.05, 4.69) is 12.2 Å². The first-order valence-electron chi connectivity index (χ1n) is 6.37. The molecule has 1 aliphatic heterocycles. The molecule has 0 bridgehead atoms. The summed E-state index contributed by atoms with van der Waals surface area (Å²) in [6.45, 7) is 3.19. The number of unbranched alkanes of at least 4 members (excludes halogenated alkanes) is 2. The molecule has 1 saturated heterocycles. The fourth-order valence-electron chi connectivity index (χ4n) is 1.84. The van der Waals surface area contributed by atoms with Crippen molar-refractivity contribution < 1.29 is 19.1 Å². The number of carbonyl (C=O) groups excluding carboxylic acids is 2. The molecule has 0 unspecified atom stereocenters. The lowest BCUT2D eigenvalue weighted by Gasteiger charge is -2.24. The summed E-state index contributed by atoms with van der Waals surface area (Å²) < 4.78 is 10.4. The van der Waals surface area contributed by atoms with Crippen molar-refractivity contribution in [1.29, 1.82) is 0 Å². The lowest BCUT2D eigenvalue weighted by Crippen LogP contribution is -2.58. The third-order valence-corrected chi connectivity index (χ3v) is 3.00. The van der Waals surface area contributed by atoms with Crippen LogP contribution in [0.2, 0.25) is 0 Å². The molecular formula is C12H22N2O4. The van der Waals surface area contributed by atoms with Crippen molar-refractivity contribution in [3.05, 3.63) is 0 Å². The number of nitrogens with two attached hydrogens (primary N) is 1. The number of hydrogen-bond acceptors (Lipinski definition) is 4. The molecule has 2 amide bonds. The van der Waals surface area contributed by atoms with Crippen LogP contribution in [-0.2, 0) is 19.1 Å². The van der Waals surface area contributed by atoms with Crippen LogP contribution in [0.3, 0.4) is 0 Å². The van der Waals surface area contributed by atoms with Crippen LogP contribution in [0.1, 0.15) is 32.6 Å². The zero-order valence-electron chi connectivity index (χ0n) is 10.9. The van der Waals surface area contributed by atoms with Crippen molar-refractivity contribution in [2.24, 2.45) is 5.73 Å². The molecule has 1 aliphatic rings. The Morgan fingerprint density at radius 2 is 2.22 bits per heavy atom. The van der Waals surface area contributed by atoms with E-state index in [0.717, 1.165) is 19.3 Å². The van der Waals surface area contributed by atoms with Gasteiger partial charge in [0.1, 0.15) is 12.1 Å². The summed E-state index contributed by atoms with van der Waals surface area (Å²) in [5.74, 6) is -0.880. The monoisotopic (exact) mass is 258 g/mol. The SMILES string of the molecule is CCCCCOCC(=O)N[C@@]1(C(N)=O)CCOC1. The van der Waals surface area contributed by atoms with Crippen molar-refractivity contribution in [2.75, 3.05) is 26.4 Å². The molecule has 1 heterocycles. The van der Waals surface area contributed by atoms with Gasteiger partial charge in [0.25, 0.3) is 0 Å². The molecule has 1 fully saturated rings. The average Bonchev–Trinajstić information content (AvgIpc) is 2.78. The van der Waals surface area contributed by atoms with Crippen LogP contribution in [0.25, 0.3) is 0 Å². The van der Waals surface area contributed by atoms with E-state index in [4.69, 9.17) is 15.2 Å². The quantitative estimate of drug-likeness (QED) is 0.597. The Balaban J connectivity index is 2.27. The van der Waals surface area contributed by atoms with Gasteiger partial charge in [0, 0.05) is 19.6 Å². The van der Waals surface area contributed by atoms with Gasteiger partial charge in [-0.1, -0.05) is 19.8 Å². The van der Waals surface area contributed by atoms with Gasteiger partial charge in [-0.15, -0.1) is 0 Å². The van der Waals surface area contributed by atoms with E-state index in [1.807, 2.05) is 0 Å². The van der Waals surface area contributed by atoms with Gasteiger partial charge >= 0.3 is 0 Å². The smallest absolute Gasteiger partial charge is 0.246 e. The van der Waals surface area contributed by atoms with Crippen LogP contribution in [-0.4, -0.2) is 43.8 Å². The van der Waals surface area contributed by atoms with Gasteiger partial charge in [0.15, 0.2) is 0 Å². The van der Waals surface area contributed by atoms with Crippen LogP contribution >= 0.6 is 0 Å². The molecule has 1 atom stereocenters. The molecule has 0 aromatic carbocycles. The van der Waals surface area contributed by atoms with Gasteiger partial charge in [-0.25, -0.2) is 0 Å². The predicted molar refractivity (Wildman–Crippen MR) is 65.8 cm³/mol. The molecule has 0 aliphatic carbocycles. The van der Waals surface area contributed by atoms with Crippen molar-refractivity contribution in [3.8, 4) is 0 Å². The number of hydrogen-bond donors (Lipinski definition) is 2. The lowest BCUT2D eigenvalue weighted by molar-refractivity contribution is -0.134. The van der Waals surface area contributed by atoms with Crippen molar-refractivity contribution in [2.45, 2.75) is 38.1 Å². The normalized spacial score (nSPS) is 22.9. The van der Waals surface area contributed by atoms with Crippen molar-refractivity contribution in [1.82, 2.24) is 5.32 Å². The highest BCUT2D eigenvalue weighted by Gasteiger charge is 2.42. The molecule has 0 spiro atoms. The van der Waals surface area contributed by atoms with E-state index in [9.17, 15) is 9.59 Å². The van der Waals surface area contributed by atoms with Gasteiger partial charge in [-0.3, -0.25) is 9.59 Å². The topological polar surface area (TPSA) is 90.6 Å². The predicted octanol–water partition coefficient (Wildman–Crippen LogP) is -0.0462. The van der Waals surface area contributed by atoms with E-state index < -0.39 is 11.4 Å². The highest BCUT2D eigenvalue weighted by molar-refractivity contribution is 5.91. The average molecular weight is 258 g/mol. The Bertz CT molecular complexity index is 288. The fourth-order valence-corrected chi connectivity index (χ4v) is 1.84. The maximum absolute atomic E-state index is 11.6. The first kappa shape index (κ1) is 14.9. The van der Waals surface area contributed by atoms with E-state index in [-0.39, 0.29) is 19.1 Å². The van der Waals surface area contributed by atoms with Crippen LogP contribution in [0.4, 0.5) is 0 Å². The molecule has 3 N–H and O–H groups in total. The molecule has 0 radical (unpaired) electrons.